The van der Waals surface area contributed by atoms with Gasteiger partial charge in [0.15, 0.2) is 0 Å². The summed E-state index contributed by atoms with van der Waals surface area (Å²) in [6, 6.07) is 28.9. The molecule has 40 heavy (non-hydrogen) atoms. The molecule has 0 aromatic heterocycles. The minimum Gasteiger partial charge on any atom is -0.493 e. The van der Waals surface area contributed by atoms with Crippen LogP contribution in [-0.2, 0) is 19.3 Å². The molecule has 0 heterocycles. The molecule has 0 atom stereocenters. The van der Waals surface area contributed by atoms with Crippen LogP contribution < -0.4 is 14.2 Å². The van der Waals surface area contributed by atoms with Crippen LogP contribution in [0, 0.1) is 0 Å². The van der Waals surface area contributed by atoms with Crippen molar-refractivity contribution in [1.82, 2.24) is 0 Å². The van der Waals surface area contributed by atoms with Crippen LogP contribution in [0.4, 0.5) is 0 Å². The van der Waals surface area contributed by atoms with E-state index < -0.39 is 5.97 Å². The molecule has 1 N–H and O–H groups in total. The van der Waals surface area contributed by atoms with Crippen LogP contribution in [0.25, 0.3) is 11.1 Å². The van der Waals surface area contributed by atoms with Crippen molar-refractivity contribution in [2.24, 2.45) is 0 Å². The molecule has 0 aliphatic carbocycles. The summed E-state index contributed by atoms with van der Waals surface area (Å²) in [5.74, 6) is 1.64. The topological polar surface area (TPSA) is 65.0 Å². The normalized spacial score (nSPS) is 10.8. The Morgan fingerprint density at radius 3 is 2.10 bits per heavy atom. The summed E-state index contributed by atoms with van der Waals surface area (Å²) >= 11 is 0. The van der Waals surface area contributed by atoms with Crippen LogP contribution in [0.5, 0.6) is 17.2 Å². The van der Waals surface area contributed by atoms with Gasteiger partial charge in [0.1, 0.15) is 17.2 Å². The van der Waals surface area contributed by atoms with Crippen molar-refractivity contribution in [3.05, 3.63) is 113 Å². The Labute approximate surface area is 237 Å². The number of aryl methyl sites for hydroxylation is 1. The number of aliphatic hydroxyl groups excluding tert-OH is 1. The molecule has 4 aromatic rings. The standard InChI is InChI=1S/C35H38O5/c1-3-13-30-28(20-21-36)18-11-19-32(30)38-22-12-23-39-33-25-34(40-35(37)29-16-9-6-10-17-29)31(24-26(33)4-2)27-14-7-5-8-15-27/h5-11,14-19,24-25,36H,3-4,12-13,20-23H2,1-2H3. The maximum Gasteiger partial charge on any atom is 0.343 e. The van der Waals surface area contributed by atoms with Crippen LogP contribution in [0.15, 0.2) is 91.0 Å². The molecule has 0 aliphatic rings. The van der Waals surface area contributed by atoms with Gasteiger partial charge in [0.05, 0.1) is 18.8 Å². The quantitative estimate of drug-likeness (QED) is 0.102. The van der Waals surface area contributed by atoms with Crippen molar-refractivity contribution in [1.29, 1.82) is 0 Å². The van der Waals surface area contributed by atoms with Crippen molar-refractivity contribution in [3.8, 4) is 28.4 Å². The van der Waals surface area contributed by atoms with Crippen LogP contribution in [-0.4, -0.2) is 30.9 Å². The zero-order chi connectivity index (χ0) is 28.2. The van der Waals surface area contributed by atoms with Gasteiger partial charge in [-0.15, -0.1) is 0 Å². The number of aliphatic hydroxyl groups is 1. The van der Waals surface area contributed by atoms with Crippen molar-refractivity contribution in [2.45, 2.75) is 46.0 Å². The highest BCUT2D eigenvalue weighted by Crippen LogP contribution is 2.37. The van der Waals surface area contributed by atoms with E-state index in [0.29, 0.717) is 43.1 Å². The number of carbonyl (C=O) groups is 1. The molecule has 0 aliphatic heterocycles. The number of esters is 1. The van der Waals surface area contributed by atoms with Gasteiger partial charge >= 0.3 is 5.97 Å². The maximum absolute atomic E-state index is 12.9. The van der Waals surface area contributed by atoms with Gasteiger partial charge in [0.2, 0.25) is 0 Å². The zero-order valence-corrected chi connectivity index (χ0v) is 23.4. The van der Waals surface area contributed by atoms with Gasteiger partial charge in [-0.1, -0.05) is 80.9 Å². The molecular formula is C35H38O5. The average molecular weight is 539 g/mol. The predicted octanol–water partition coefficient (Wildman–Crippen LogP) is 7.47. The number of carbonyl (C=O) groups excluding carboxylic acids is 1. The second-order valence-corrected chi connectivity index (χ2v) is 9.60. The third-order valence-electron chi connectivity index (χ3n) is 6.76. The summed E-state index contributed by atoms with van der Waals surface area (Å²) in [5, 5.41) is 9.42. The van der Waals surface area contributed by atoms with Crippen molar-refractivity contribution < 1.29 is 24.1 Å². The Morgan fingerprint density at radius 2 is 1.43 bits per heavy atom. The Hall–Kier alpha value is -4.09. The van der Waals surface area contributed by atoms with Crippen LogP contribution in [0.1, 0.15) is 53.7 Å². The van der Waals surface area contributed by atoms with E-state index in [4.69, 9.17) is 14.2 Å². The molecule has 0 bridgehead atoms. The van der Waals surface area contributed by atoms with Gasteiger partial charge in [-0.2, -0.15) is 0 Å². The van der Waals surface area contributed by atoms with E-state index in [1.807, 2.05) is 66.7 Å². The van der Waals surface area contributed by atoms with E-state index in [1.165, 1.54) is 5.56 Å². The zero-order valence-electron chi connectivity index (χ0n) is 23.4. The summed E-state index contributed by atoms with van der Waals surface area (Å²) in [7, 11) is 0. The second-order valence-electron chi connectivity index (χ2n) is 9.60. The molecule has 5 heteroatoms. The van der Waals surface area contributed by atoms with Crippen LogP contribution in [0.3, 0.4) is 0 Å². The van der Waals surface area contributed by atoms with Gasteiger partial charge in [0.25, 0.3) is 0 Å². The molecule has 0 saturated carbocycles. The Kier molecular flexibility index (Phi) is 10.8. The molecular weight excluding hydrogens is 500 g/mol. The molecule has 4 aromatic carbocycles. The fourth-order valence-corrected chi connectivity index (χ4v) is 4.74. The first kappa shape index (κ1) is 28.9. The van der Waals surface area contributed by atoms with Crippen molar-refractivity contribution in [3.63, 3.8) is 0 Å². The molecule has 0 saturated heterocycles. The minimum absolute atomic E-state index is 0.124. The fourth-order valence-electron chi connectivity index (χ4n) is 4.74. The van der Waals surface area contributed by atoms with Gasteiger partial charge in [-0.25, -0.2) is 4.79 Å². The molecule has 4 rings (SSSR count). The number of hydrogen-bond donors (Lipinski definition) is 1. The van der Waals surface area contributed by atoms with Crippen LogP contribution >= 0.6 is 0 Å². The first-order valence-corrected chi connectivity index (χ1v) is 14.1. The first-order valence-electron chi connectivity index (χ1n) is 14.1. The minimum atomic E-state index is -0.410. The third-order valence-corrected chi connectivity index (χ3v) is 6.76. The Bertz CT molecular complexity index is 1370. The lowest BCUT2D eigenvalue weighted by Gasteiger charge is -2.17. The highest BCUT2D eigenvalue weighted by Gasteiger charge is 2.17. The summed E-state index contributed by atoms with van der Waals surface area (Å²) in [5.41, 5.74) is 5.67. The maximum atomic E-state index is 12.9. The SMILES string of the molecule is CCCc1c(CCO)cccc1OCCCOc1cc(OC(=O)c2ccccc2)c(-c2ccccc2)cc1CC. The summed E-state index contributed by atoms with van der Waals surface area (Å²) in [4.78, 5) is 12.9. The van der Waals surface area contributed by atoms with E-state index in [-0.39, 0.29) is 6.61 Å². The molecule has 0 radical (unpaired) electrons. The summed E-state index contributed by atoms with van der Waals surface area (Å²) in [6.07, 6.45) is 4.03. The average Bonchev–Trinajstić information content (AvgIpc) is 2.99. The molecule has 0 spiro atoms. The molecule has 0 unspecified atom stereocenters. The fraction of sp³-hybridized carbons (Fsp3) is 0.286. The molecule has 5 nitrogen and oxygen atoms in total. The monoisotopic (exact) mass is 538 g/mol. The van der Waals surface area contributed by atoms with E-state index in [2.05, 4.69) is 26.0 Å². The van der Waals surface area contributed by atoms with E-state index in [1.54, 1.807) is 12.1 Å². The lowest BCUT2D eigenvalue weighted by molar-refractivity contribution is 0.0735. The van der Waals surface area contributed by atoms with Gasteiger partial charge in [-0.3, -0.25) is 0 Å². The van der Waals surface area contributed by atoms with E-state index >= 15 is 0 Å². The van der Waals surface area contributed by atoms with E-state index in [9.17, 15) is 9.90 Å². The summed E-state index contributed by atoms with van der Waals surface area (Å²) in [6.45, 7) is 5.33. The molecule has 208 valence electrons. The number of ether oxygens (including phenoxy) is 3. The van der Waals surface area contributed by atoms with Gasteiger partial charge in [0, 0.05) is 24.7 Å². The third kappa shape index (κ3) is 7.51. The Morgan fingerprint density at radius 1 is 0.725 bits per heavy atom. The lowest BCUT2D eigenvalue weighted by atomic mass is 10.00. The first-order chi connectivity index (χ1) is 19.6. The van der Waals surface area contributed by atoms with E-state index in [0.717, 1.165) is 47.3 Å². The van der Waals surface area contributed by atoms with Crippen molar-refractivity contribution in [2.75, 3.05) is 19.8 Å². The smallest absolute Gasteiger partial charge is 0.343 e. The number of hydrogen-bond acceptors (Lipinski definition) is 5. The van der Waals surface area contributed by atoms with Crippen molar-refractivity contribution >= 4 is 5.97 Å². The molecule has 0 fully saturated rings. The second kappa shape index (κ2) is 14.9. The highest BCUT2D eigenvalue weighted by molar-refractivity contribution is 5.92. The number of rotatable bonds is 14. The number of benzene rings is 4. The predicted molar refractivity (Wildman–Crippen MR) is 159 cm³/mol. The van der Waals surface area contributed by atoms with Crippen LogP contribution in [0.2, 0.25) is 0 Å². The van der Waals surface area contributed by atoms with Gasteiger partial charge < -0.3 is 19.3 Å². The van der Waals surface area contributed by atoms with Gasteiger partial charge in [-0.05, 0) is 65.8 Å². The lowest BCUT2D eigenvalue weighted by Crippen LogP contribution is -2.11. The molecule has 0 amide bonds. The highest BCUT2D eigenvalue weighted by atomic mass is 16.5. The largest absolute Gasteiger partial charge is 0.493 e. The Balaban J connectivity index is 1.48. The summed E-state index contributed by atoms with van der Waals surface area (Å²) < 4.78 is 18.3.